The number of nitrogens with zero attached hydrogens (tertiary/aromatic N) is 3. The van der Waals surface area contributed by atoms with Gasteiger partial charge >= 0.3 is 5.88 Å². The lowest BCUT2D eigenvalue weighted by Crippen LogP contribution is -2.09. The van der Waals surface area contributed by atoms with E-state index in [0.29, 0.717) is 15.6 Å². The predicted octanol–water partition coefficient (Wildman–Crippen LogP) is 5.04. The van der Waals surface area contributed by atoms with E-state index in [1.807, 2.05) is 0 Å². The fourth-order valence-corrected chi connectivity index (χ4v) is 2.97. The number of amides is 1. The number of carbonyl (C=O) groups excluding carboxylic acids is 1. The first kappa shape index (κ1) is 19.9. The van der Waals surface area contributed by atoms with Crippen molar-refractivity contribution in [1.82, 2.24) is 9.78 Å². The van der Waals surface area contributed by atoms with Crippen molar-refractivity contribution >= 4 is 58.5 Å². The molecule has 0 aliphatic rings. The zero-order chi connectivity index (χ0) is 20.3. The second-order valence-electron chi connectivity index (χ2n) is 5.48. The predicted molar refractivity (Wildman–Crippen MR) is 106 cm³/mol. The highest BCUT2D eigenvalue weighted by atomic mass is 35.5. The summed E-state index contributed by atoms with van der Waals surface area (Å²) in [7, 11) is 0. The zero-order valence-electron chi connectivity index (χ0n) is 13.9. The lowest BCUT2D eigenvalue weighted by molar-refractivity contribution is -0.402. The maximum absolute atomic E-state index is 12.0. The molecule has 0 aliphatic carbocycles. The lowest BCUT2D eigenvalue weighted by atomic mass is 10.2. The molecule has 0 fully saturated rings. The van der Waals surface area contributed by atoms with Crippen molar-refractivity contribution in [2.24, 2.45) is 0 Å². The van der Waals surface area contributed by atoms with Crippen LogP contribution in [0.5, 0.6) is 0 Å². The molecule has 0 atom stereocenters. The molecule has 0 radical (unpaired) electrons. The van der Waals surface area contributed by atoms with Gasteiger partial charge in [0.15, 0.2) is 5.82 Å². The van der Waals surface area contributed by atoms with E-state index in [1.54, 1.807) is 18.2 Å². The summed E-state index contributed by atoms with van der Waals surface area (Å²) in [6.45, 7) is 0.264. The van der Waals surface area contributed by atoms with Crippen LogP contribution in [-0.2, 0) is 11.3 Å². The number of anilines is 1. The van der Waals surface area contributed by atoms with Crippen LogP contribution in [0.25, 0.3) is 6.08 Å². The van der Waals surface area contributed by atoms with Gasteiger partial charge in [-0.2, -0.15) is 5.10 Å². The van der Waals surface area contributed by atoms with Crippen molar-refractivity contribution in [1.29, 1.82) is 0 Å². The van der Waals surface area contributed by atoms with E-state index in [0.717, 1.165) is 6.08 Å². The van der Waals surface area contributed by atoms with Crippen LogP contribution in [0.15, 0.2) is 47.0 Å². The third-order valence-electron chi connectivity index (χ3n) is 3.53. The van der Waals surface area contributed by atoms with Gasteiger partial charge in [-0.1, -0.05) is 40.9 Å². The summed E-state index contributed by atoms with van der Waals surface area (Å²) in [5, 5.41) is 18.5. The number of furan rings is 1. The van der Waals surface area contributed by atoms with Crippen LogP contribution in [0.4, 0.5) is 11.7 Å². The van der Waals surface area contributed by atoms with E-state index in [4.69, 9.17) is 39.2 Å². The molecule has 3 rings (SSSR count). The van der Waals surface area contributed by atoms with E-state index < -0.39 is 16.7 Å². The Labute approximate surface area is 173 Å². The summed E-state index contributed by atoms with van der Waals surface area (Å²) in [6.07, 6.45) is 3.95. The van der Waals surface area contributed by atoms with Gasteiger partial charge in [-0.3, -0.25) is 19.6 Å². The summed E-state index contributed by atoms with van der Waals surface area (Å²) in [4.78, 5) is 21.9. The molecular formula is C17H11Cl3N4O4. The SMILES string of the molecule is O=C(/C=C/c1ccc([N+](=O)[O-])o1)Nc1nn(Cc2c(Cl)cccc2Cl)cc1Cl. The van der Waals surface area contributed by atoms with E-state index in [-0.39, 0.29) is 23.1 Å². The first-order valence-corrected chi connectivity index (χ1v) is 8.86. The monoisotopic (exact) mass is 440 g/mol. The molecule has 0 saturated heterocycles. The fraction of sp³-hybridized carbons (Fsp3) is 0.0588. The molecule has 3 aromatic rings. The van der Waals surface area contributed by atoms with Gasteiger partial charge in [-0.05, 0) is 24.3 Å². The summed E-state index contributed by atoms with van der Waals surface area (Å²) in [5.41, 5.74) is 0.669. The first-order valence-electron chi connectivity index (χ1n) is 7.72. The van der Waals surface area contributed by atoms with E-state index in [1.165, 1.54) is 29.1 Å². The van der Waals surface area contributed by atoms with Gasteiger partial charge < -0.3 is 9.73 Å². The Hall–Kier alpha value is -2.81. The number of nitro groups is 1. The summed E-state index contributed by atoms with van der Waals surface area (Å²) in [5.74, 6) is -0.654. The highest BCUT2D eigenvalue weighted by Crippen LogP contribution is 2.27. The van der Waals surface area contributed by atoms with Crippen molar-refractivity contribution in [3.63, 3.8) is 0 Å². The Balaban J connectivity index is 1.68. The Bertz CT molecular complexity index is 1050. The maximum atomic E-state index is 12.0. The number of hydrogen-bond donors (Lipinski definition) is 1. The largest absolute Gasteiger partial charge is 0.433 e. The van der Waals surface area contributed by atoms with Gasteiger partial charge in [-0.15, -0.1) is 0 Å². The van der Waals surface area contributed by atoms with Crippen molar-refractivity contribution in [3.8, 4) is 0 Å². The highest BCUT2D eigenvalue weighted by molar-refractivity contribution is 6.36. The molecule has 2 aromatic heterocycles. The van der Waals surface area contributed by atoms with Crippen molar-refractivity contribution < 1.29 is 14.1 Å². The number of aromatic nitrogens is 2. The molecule has 1 aromatic carbocycles. The molecule has 0 unspecified atom stereocenters. The number of hydrogen-bond acceptors (Lipinski definition) is 5. The van der Waals surface area contributed by atoms with Crippen LogP contribution >= 0.6 is 34.8 Å². The molecule has 0 aliphatic heterocycles. The second-order valence-corrected chi connectivity index (χ2v) is 6.70. The fourth-order valence-electron chi connectivity index (χ4n) is 2.25. The van der Waals surface area contributed by atoms with Crippen LogP contribution in [0.1, 0.15) is 11.3 Å². The molecule has 8 nitrogen and oxygen atoms in total. The number of nitrogens with one attached hydrogen (secondary N) is 1. The van der Waals surface area contributed by atoms with Crippen molar-refractivity contribution in [2.75, 3.05) is 5.32 Å². The van der Waals surface area contributed by atoms with Gasteiger partial charge in [0.1, 0.15) is 15.7 Å². The Morgan fingerprint density at radius 3 is 2.57 bits per heavy atom. The minimum absolute atomic E-state index is 0.143. The third kappa shape index (κ3) is 4.72. The summed E-state index contributed by atoms with van der Waals surface area (Å²) < 4.78 is 6.42. The van der Waals surface area contributed by atoms with Crippen LogP contribution in [-0.4, -0.2) is 20.6 Å². The first-order chi connectivity index (χ1) is 13.3. The number of rotatable bonds is 6. The molecule has 144 valence electrons. The minimum Gasteiger partial charge on any atom is -0.401 e. The summed E-state index contributed by atoms with van der Waals surface area (Å²) in [6, 6.07) is 7.71. The standard InChI is InChI=1S/C17H11Cl3N4O4/c18-12-2-1-3-13(19)11(12)8-23-9-14(20)17(22-23)21-15(25)6-4-10-5-7-16(28-10)24(26)27/h1-7,9H,8H2,(H,21,22,25)/b6-4+. The van der Waals surface area contributed by atoms with Gasteiger partial charge in [0.25, 0.3) is 0 Å². The van der Waals surface area contributed by atoms with Gasteiger partial charge in [0, 0.05) is 27.9 Å². The molecule has 2 heterocycles. The molecule has 11 heteroatoms. The molecule has 0 saturated carbocycles. The number of benzene rings is 1. The Morgan fingerprint density at radius 1 is 1.21 bits per heavy atom. The van der Waals surface area contributed by atoms with Crippen LogP contribution in [0.2, 0.25) is 15.1 Å². The van der Waals surface area contributed by atoms with Gasteiger partial charge in [0.2, 0.25) is 5.91 Å². The molecule has 0 spiro atoms. The van der Waals surface area contributed by atoms with E-state index in [9.17, 15) is 14.9 Å². The zero-order valence-corrected chi connectivity index (χ0v) is 16.2. The van der Waals surface area contributed by atoms with Crippen molar-refractivity contribution in [2.45, 2.75) is 6.54 Å². The topological polar surface area (TPSA) is 103 Å². The molecule has 28 heavy (non-hydrogen) atoms. The van der Waals surface area contributed by atoms with E-state index in [2.05, 4.69) is 10.4 Å². The van der Waals surface area contributed by atoms with Crippen LogP contribution in [0, 0.1) is 10.1 Å². The number of carbonyl (C=O) groups is 1. The van der Waals surface area contributed by atoms with Gasteiger partial charge in [-0.25, -0.2) is 0 Å². The highest BCUT2D eigenvalue weighted by Gasteiger charge is 2.13. The smallest absolute Gasteiger partial charge is 0.401 e. The molecular weight excluding hydrogens is 431 g/mol. The number of halogens is 3. The second kappa shape index (κ2) is 8.47. The average Bonchev–Trinajstić information content (AvgIpc) is 3.24. The average molecular weight is 442 g/mol. The Morgan fingerprint density at radius 2 is 1.93 bits per heavy atom. The maximum Gasteiger partial charge on any atom is 0.433 e. The Kier molecular flexibility index (Phi) is 6.03. The van der Waals surface area contributed by atoms with E-state index >= 15 is 0 Å². The minimum atomic E-state index is -0.672. The van der Waals surface area contributed by atoms with Crippen molar-refractivity contribution in [3.05, 3.63) is 79.1 Å². The normalized spacial score (nSPS) is 11.1. The summed E-state index contributed by atoms with van der Waals surface area (Å²) >= 11 is 18.4. The molecule has 0 bridgehead atoms. The van der Waals surface area contributed by atoms with Gasteiger partial charge in [0.05, 0.1) is 12.6 Å². The molecule has 1 N–H and O–H groups in total. The van der Waals surface area contributed by atoms with Crippen LogP contribution in [0.3, 0.4) is 0 Å². The molecule has 1 amide bonds. The van der Waals surface area contributed by atoms with Crippen LogP contribution < -0.4 is 5.32 Å². The third-order valence-corrected chi connectivity index (χ3v) is 4.52. The lowest BCUT2D eigenvalue weighted by Gasteiger charge is -2.06. The quantitative estimate of drug-likeness (QED) is 0.328.